The van der Waals surface area contributed by atoms with Gasteiger partial charge in [-0.25, -0.2) is 0 Å². The number of ether oxygens (including phenoxy) is 2. The first-order valence-corrected chi connectivity index (χ1v) is 6.83. The minimum absolute atomic E-state index is 0.183. The monoisotopic (exact) mass is 232 g/mol. The molecule has 0 saturated carbocycles. The molecule has 90 valence electrons. The Morgan fingerprint density at radius 3 is 2.40 bits per heavy atom. The molecule has 0 aromatic heterocycles. The summed E-state index contributed by atoms with van der Waals surface area (Å²) in [5.74, 6) is 1.26. The highest BCUT2D eigenvalue weighted by molar-refractivity contribution is 8.00. The zero-order chi connectivity index (χ0) is 11.5. The summed E-state index contributed by atoms with van der Waals surface area (Å²) in [6, 6.07) is 0. The summed E-state index contributed by atoms with van der Waals surface area (Å²) in [5, 5.41) is 0.562. The molecular weight excluding hydrogens is 208 g/mol. The van der Waals surface area contributed by atoms with Crippen LogP contribution < -0.4 is 0 Å². The number of thioether (sulfide) groups is 1. The zero-order valence-corrected chi connectivity index (χ0v) is 11.4. The van der Waals surface area contributed by atoms with Crippen LogP contribution in [0.3, 0.4) is 0 Å². The van der Waals surface area contributed by atoms with Crippen molar-refractivity contribution in [1.82, 2.24) is 0 Å². The lowest BCUT2D eigenvalue weighted by Gasteiger charge is -2.46. The van der Waals surface area contributed by atoms with E-state index in [-0.39, 0.29) is 11.2 Å². The van der Waals surface area contributed by atoms with Gasteiger partial charge in [0.25, 0.3) is 0 Å². The molecule has 0 aliphatic carbocycles. The van der Waals surface area contributed by atoms with Gasteiger partial charge in [-0.05, 0) is 46.3 Å². The molecule has 0 N–H and O–H groups in total. The SMILES string of the molecule is CCOC(C)(C1CCCS1)C(C)(C)OC. The van der Waals surface area contributed by atoms with Crippen LogP contribution in [0.5, 0.6) is 0 Å². The van der Waals surface area contributed by atoms with Crippen molar-refractivity contribution in [2.24, 2.45) is 0 Å². The lowest BCUT2D eigenvalue weighted by molar-refractivity contribution is -0.170. The van der Waals surface area contributed by atoms with E-state index in [1.807, 2.05) is 11.8 Å². The highest BCUT2D eigenvalue weighted by Crippen LogP contribution is 2.43. The van der Waals surface area contributed by atoms with E-state index in [1.54, 1.807) is 7.11 Å². The third kappa shape index (κ3) is 2.51. The molecule has 0 aromatic carbocycles. The normalized spacial score (nSPS) is 26.6. The summed E-state index contributed by atoms with van der Waals surface area (Å²) < 4.78 is 11.7. The second-order valence-electron chi connectivity index (χ2n) is 4.76. The van der Waals surface area contributed by atoms with Crippen LogP contribution in [0.2, 0.25) is 0 Å². The van der Waals surface area contributed by atoms with Gasteiger partial charge in [-0.1, -0.05) is 0 Å². The van der Waals surface area contributed by atoms with Crippen LogP contribution in [-0.2, 0) is 9.47 Å². The minimum Gasteiger partial charge on any atom is -0.376 e. The van der Waals surface area contributed by atoms with E-state index in [1.165, 1.54) is 18.6 Å². The standard InChI is InChI=1S/C12H24O2S/c1-6-14-12(4,11(2,3)13-5)10-8-7-9-15-10/h10H,6-9H2,1-5H3. The highest BCUT2D eigenvalue weighted by Gasteiger charge is 2.49. The molecule has 1 saturated heterocycles. The van der Waals surface area contributed by atoms with Gasteiger partial charge in [0.05, 0.1) is 5.60 Å². The van der Waals surface area contributed by atoms with E-state index >= 15 is 0 Å². The van der Waals surface area contributed by atoms with Gasteiger partial charge >= 0.3 is 0 Å². The Kier molecular flexibility index (Phi) is 4.50. The molecule has 1 heterocycles. The Hall–Kier alpha value is 0.270. The summed E-state index contributed by atoms with van der Waals surface area (Å²) in [5.41, 5.74) is -0.414. The zero-order valence-electron chi connectivity index (χ0n) is 10.6. The largest absolute Gasteiger partial charge is 0.376 e. The molecule has 3 heteroatoms. The maximum atomic E-state index is 6.02. The van der Waals surface area contributed by atoms with Gasteiger partial charge < -0.3 is 9.47 Å². The first-order valence-electron chi connectivity index (χ1n) is 5.78. The van der Waals surface area contributed by atoms with E-state index in [2.05, 4.69) is 27.7 Å². The van der Waals surface area contributed by atoms with Gasteiger partial charge in [-0.15, -0.1) is 0 Å². The third-order valence-electron chi connectivity index (χ3n) is 3.69. The van der Waals surface area contributed by atoms with Crippen molar-refractivity contribution in [3.8, 4) is 0 Å². The second kappa shape index (κ2) is 5.07. The number of hydrogen-bond acceptors (Lipinski definition) is 3. The van der Waals surface area contributed by atoms with Crippen LogP contribution in [0, 0.1) is 0 Å². The first kappa shape index (κ1) is 13.3. The summed E-state index contributed by atoms with van der Waals surface area (Å²) in [6.45, 7) is 9.26. The Bertz CT molecular complexity index is 200. The van der Waals surface area contributed by atoms with Gasteiger partial charge in [0.2, 0.25) is 0 Å². The Labute approximate surface area is 98.1 Å². The van der Waals surface area contributed by atoms with Gasteiger partial charge in [-0.3, -0.25) is 0 Å². The van der Waals surface area contributed by atoms with Crippen LogP contribution in [0.25, 0.3) is 0 Å². The minimum atomic E-state index is -0.231. The van der Waals surface area contributed by atoms with E-state index < -0.39 is 0 Å². The maximum absolute atomic E-state index is 6.02. The van der Waals surface area contributed by atoms with Crippen molar-refractivity contribution in [1.29, 1.82) is 0 Å². The summed E-state index contributed by atoms with van der Waals surface area (Å²) in [6.07, 6.45) is 2.55. The predicted molar refractivity (Wildman–Crippen MR) is 66.6 cm³/mol. The Morgan fingerprint density at radius 2 is 2.00 bits per heavy atom. The van der Waals surface area contributed by atoms with E-state index in [4.69, 9.17) is 9.47 Å². The highest BCUT2D eigenvalue weighted by atomic mass is 32.2. The van der Waals surface area contributed by atoms with Crippen LogP contribution in [0.1, 0.15) is 40.5 Å². The average molecular weight is 232 g/mol. The Balaban J connectivity index is 2.85. The lowest BCUT2D eigenvalue weighted by Crippen LogP contribution is -2.57. The molecule has 2 unspecified atom stereocenters. The van der Waals surface area contributed by atoms with E-state index in [0.717, 1.165) is 6.61 Å². The van der Waals surface area contributed by atoms with Gasteiger partial charge in [0.15, 0.2) is 0 Å². The molecule has 2 nitrogen and oxygen atoms in total. The molecule has 0 spiro atoms. The summed E-state index contributed by atoms with van der Waals surface area (Å²) in [7, 11) is 1.77. The fraction of sp³-hybridized carbons (Fsp3) is 1.00. The molecule has 15 heavy (non-hydrogen) atoms. The van der Waals surface area contributed by atoms with E-state index in [0.29, 0.717) is 5.25 Å². The van der Waals surface area contributed by atoms with Crippen LogP contribution in [-0.4, -0.2) is 35.9 Å². The molecular formula is C12H24O2S. The van der Waals surface area contributed by atoms with Crippen molar-refractivity contribution in [2.45, 2.75) is 57.0 Å². The fourth-order valence-corrected chi connectivity index (χ4v) is 3.79. The molecule has 0 amide bonds. The van der Waals surface area contributed by atoms with Crippen LogP contribution >= 0.6 is 11.8 Å². The molecule has 0 bridgehead atoms. The first-order chi connectivity index (χ1) is 6.98. The second-order valence-corrected chi connectivity index (χ2v) is 6.07. The van der Waals surface area contributed by atoms with Crippen molar-refractivity contribution in [3.63, 3.8) is 0 Å². The quantitative estimate of drug-likeness (QED) is 0.725. The van der Waals surface area contributed by atoms with Gasteiger partial charge in [-0.2, -0.15) is 11.8 Å². The maximum Gasteiger partial charge on any atom is 0.105 e. The molecule has 0 radical (unpaired) electrons. The molecule has 0 aromatic rings. The van der Waals surface area contributed by atoms with Crippen LogP contribution in [0.15, 0.2) is 0 Å². The van der Waals surface area contributed by atoms with Crippen molar-refractivity contribution in [3.05, 3.63) is 0 Å². The number of hydrogen-bond donors (Lipinski definition) is 0. The number of methoxy groups -OCH3 is 1. The van der Waals surface area contributed by atoms with E-state index in [9.17, 15) is 0 Å². The molecule has 2 atom stereocenters. The summed E-state index contributed by atoms with van der Waals surface area (Å²) >= 11 is 2.03. The fourth-order valence-electron chi connectivity index (χ4n) is 2.17. The molecule has 1 fully saturated rings. The molecule has 1 aliphatic heterocycles. The van der Waals surface area contributed by atoms with Gasteiger partial charge in [0, 0.05) is 19.0 Å². The predicted octanol–water partition coefficient (Wildman–Crippen LogP) is 3.10. The smallest absolute Gasteiger partial charge is 0.105 e. The molecule has 1 aliphatic rings. The van der Waals surface area contributed by atoms with Crippen molar-refractivity contribution < 1.29 is 9.47 Å². The Morgan fingerprint density at radius 1 is 1.33 bits per heavy atom. The topological polar surface area (TPSA) is 18.5 Å². The third-order valence-corrected chi connectivity index (χ3v) is 5.31. The van der Waals surface area contributed by atoms with Gasteiger partial charge in [0.1, 0.15) is 5.60 Å². The van der Waals surface area contributed by atoms with Crippen LogP contribution in [0.4, 0.5) is 0 Å². The molecule has 1 rings (SSSR count). The summed E-state index contributed by atoms with van der Waals surface area (Å²) in [4.78, 5) is 0. The van der Waals surface area contributed by atoms with Crippen molar-refractivity contribution in [2.75, 3.05) is 19.5 Å². The van der Waals surface area contributed by atoms with Crippen molar-refractivity contribution >= 4 is 11.8 Å². The number of rotatable bonds is 5. The lowest BCUT2D eigenvalue weighted by atomic mass is 9.82. The average Bonchev–Trinajstić information content (AvgIpc) is 2.71.